The lowest BCUT2D eigenvalue weighted by atomic mass is 10.1. The highest BCUT2D eigenvalue weighted by molar-refractivity contribution is 9.11. The van der Waals surface area contributed by atoms with E-state index in [1.807, 2.05) is 0 Å². The van der Waals surface area contributed by atoms with Gasteiger partial charge in [0.25, 0.3) is 0 Å². The van der Waals surface area contributed by atoms with Gasteiger partial charge in [-0.1, -0.05) is 13.8 Å². The number of nitrogens with zero attached hydrogens (tertiary/aromatic N) is 1. The highest BCUT2D eigenvalue weighted by Gasteiger charge is 2.25. The van der Waals surface area contributed by atoms with Gasteiger partial charge in [-0.3, -0.25) is 4.90 Å². The maximum atomic E-state index is 6.04. The topological polar surface area (TPSA) is 38.5 Å². The van der Waals surface area contributed by atoms with E-state index in [4.69, 9.17) is 10.5 Å². The Labute approximate surface area is 129 Å². The molecule has 0 fully saturated rings. The molecule has 1 aromatic heterocycles. The first kappa shape index (κ1) is 17.1. The number of rotatable bonds is 9. The van der Waals surface area contributed by atoms with Crippen LogP contribution in [0.1, 0.15) is 37.6 Å². The predicted molar refractivity (Wildman–Crippen MR) is 86.8 cm³/mol. The number of halogens is 1. The van der Waals surface area contributed by atoms with Crippen LogP contribution in [0, 0.1) is 0 Å². The van der Waals surface area contributed by atoms with Gasteiger partial charge in [0.05, 0.1) is 16.4 Å². The van der Waals surface area contributed by atoms with E-state index in [2.05, 4.69) is 46.8 Å². The summed E-state index contributed by atoms with van der Waals surface area (Å²) in [5.74, 6) is 0. The Morgan fingerprint density at radius 2 is 2.05 bits per heavy atom. The molecule has 0 bridgehead atoms. The molecule has 0 aromatic carbocycles. The Kier molecular flexibility index (Phi) is 8.18. The van der Waals surface area contributed by atoms with Crippen LogP contribution >= 0.6 is 27.3 Å². The minimum absolute atomic E-state index is 0.288. The van der Waals surface area contributed by atoms with Gasteiger partial charge in [-0.15, -0.1) is 11.3 Å². The molecule has 3 nitrogen and oxygen atoms in total. The van der Waals surface area contributed by atoms with Crippen LogP contribution in [0.15, 0.2) is 15.9 Å². The van der Waals surface area contributed by atoms with Crippen molar-refractivity contribution in [1.29, 1.82) is 0 Å². The van der Waals surface area contributed by atoms with Crippen molar-refractivity contribution in [3.63, 3.8) is 0 Å². The summed E-state index contributed by atoms with van der Waals surface area (Å²) < 4.78 is 6.42. The number of hydrogen-bond acceptors (Lipinski definition) is 4. The van der Waals surface area contributed by atoms with Crippen molar-refractivity contribution in [2.24, 2.45) is 5.73 Å². The minimum Gasteiger partial charge on any atom is -0.383 e. The number of methoxy groups -OCH3 is 1. The highest BCUT2D eigenvalue weighted by atomic mass is 79.9. The number of hydrogen-bond donors (Lipinski definition) is 1. The van der Waals surface area contributed by atoms with Gasteiger partial charge in [0.1, 0.15) is 0 Å². The molecule has 1 unspecified atom stereocenters. The van der Waals surface area contributed by atoms with Crippen molar-refractivity contribution in [3.05, 3.63) is 20.8 Å². The van der Waals surface area contributed by atoms with Crippen LogP contribution < -0.4 is 5.73 Å². The lowest BCUT2D eigenvalue weighted by molar-refractivity contribution is 0.0830. The predicted octanol–water partition coefficient (Wildman–Crippen LogP) is 3.65. The lowest BCUT2D eigenvalue weighted by Gasteiger charge is -2.36. The molecule has 19 heavy (non-hydrogen) atoms. The van der Waals surface area contributed by atoms with Gasteiger partial charge in [-0.2, -0.15) is 0 Å². The van der Waals surface area contributed by atoms with E-state index in [1.165, 1.54) is 4.88 Å². The third-order valence-electron chi connectivity index (χ3n) is 3.51. The first-order valence-electron chi connectivity index (χ1n) is 6.87. The molecule has 0 aliphatic carbocycles. The van der Waals surface area contributed by atoms with Crippen molar-refractivity contribution in [3.8, 4) is 0 Å². The van der Waals surface area contributed by atoms with Crippen LogP contribution in [0.25, 0.3) is 0 Å². The summed E-state index contributed by atoms with van der Waals surface area (Å²) in [5, 5.41) is 0. The van der Waals surface area contributed by atoms with Gasteiger partial charge in [0, 0.05) is 31.1 Å². The summed E-state index contributed by atoms with van der Waals surface area (Å²) in [5.41, 5.74) is 6.04. The molecule has 0 amide bonds. The fourth-order valence-corrected chi connectivity index (χ4v) is 4.03. The smallest absolute Gasteiger partial charge is 0.0702 e. The lowest BCUT2D eigenvalue weighted by Crippen LogP contribution is -2.42. The molecule has 0 aliphatic rings. The van der Waals surface area contributed by atoms with Crippen molar-refractivity contribution >= 4 is 27.3 Å². The van der Waals surface area contributed by atoms with Gasteiger partial charge in [-0.05, 0) is 40.9 Å². The van der Waals surface area contributed by atoms with E-state index < -0.39 is 0 Å². The zero-order valence-corrected chi connectivity index (χ0v) is 14.5. The van der Waals surface area contributed by atoms with Crippen LogP contribution in [0.3, 0.4) is 0 Å². The van der Waals surface area contributed by atoms with Gasteiger partial charge >= 0.3 is 0 Å². The standard InChI is InChI=1S/C14H25BrN2OS/c1-4-11(5-2)17(8-9-18-3)12(10-16)13-6-7-14(15)19-13/h6-7,11-12H,4-5,8-10,16H2,1-3H3. The summed E-state index contributed by atoms with van der Waals surface area (Å²) in [6, 6.07) is 5.12. The van der Waals surface area contributed by atoms with Crippen LogP contribution in [-0.4, -0.2) is 37.7 Å². The Morgan fingerprint density at radius 1 is 1.37 bits per heavy atom. The average molecular weight is 349 g/mol. The molecule has 110 valence electrons. The van der Waals surface area contributed by atoms with Crippen molar-refractivity contribution in [1.82, 2.24) is 4.90 Å². The normalized spacial score (nSPS) is 13.4. The molecular formula is C14H25BrN2OS. The van der Waals surface area contributed by atoms with E-state index in [9.17, 15) is 0 Å². The number of ether oxygens (including phenoxy) is 1. The first-order valence-corrected chi connectivity index (χ1v) is 8.48. The number of thiophene rings is 1. The first-order chi connectivity index (χ1) is 9.17. The molecule has 1 atom stereocenters. The molecular weight excluding hydrogens is 324 g/mol. The Bertz CT molecular complexity index is 355. The second kappa shape index (κ2) is 9.08. The van der Waals surface area contributed by atoms with Crippen molar-refractivity contribution < 1.29 is 4.74 Å². The molecule has 0 radical (unpaired) electrons. The van der Waals surface area contributed by atoms with E-state index >= 15 is 0 Å². The fourth-order valence-electron chi connectivity index (χ4n) is 2.47. The summed E-state index contributed by atoms with van der Waals surface area (Å²) in [4.78, 5) is 3.83. The zero-order chi connectivity index (χ0) is 14.3. The number of nitrogens with two attached hydrogens (primary N) is 1. The van der Waals surface area contributed by atoms with Crippen LogP contribution in [0.2, 0.25) is 0 Å². The van der Waals surface area contributed by atoms with E-state index in [-0.39, 0.29) is 6.04 Å². The zero-order valence-electron chi connectivity index (χ0n) is 12.1. The van der Waals surface area contributed by atoms with E-state index in [0.717, 1.165) is 29.8 Å². The molecule has 0 saturated carbocycles. The Balaban J connectivity index is 2.91. The average Bonchev–Trinajstić information content (AvgIpc) is 2.84. The molecule has 5 heteroatoms. The van der Waals surface area contributed by atoms with Gasteiger partial charge in [0.15, 0.2) is 0 Å². The minimum atomic E-state index is 0.288. The molecule has 0 aliphatic heterocycles. The highest BCUT2D eigenvalue weighted by Crippen LogP contribution is 2.32. The van der Waals surface area contributed by atoms with E-state index in [0.29, 0.717) is 12.6 Å². The second-order valence-electron chi connectivity index (χ2n) is 4.59. The maximum absolute atomic E-state index is 6.04. The SMILES string of the molecule is CCC(CC)N(CCOC)C(CN)c1ccc(Br)s1. The summed E-state index contributed by atoms with van der Waals surface area (Å²) in [6.45, 7) is 6.81. The largest absolute Gasteiger partial charge is 0.383 e. The van der Waals surface area contributed by atoms with Gasteiger partial charge in [-0.25, -0.2) is 0 Å². The molecule has 0 spiro atoms. The summed E-state index contributed by atoms with van der Waals surface area (Å²) in [6.07, 6.45) is 2.28. The fraction of sp³-hybridized carbons (Fsp3) is 0.714. The molecule has 0 saturated heterocycles. The van der Waals surface area contributed by atoms with Crippen molar-refractivity contribution in [2.75, 3.05) is 26.8 Å². The van der Waals surface area contributed by atoms with Gasteiger partial charge < -0.3 is 10.5 Å². The molecule has 2 N–H and O–H groups in total. The van der Waals surface area contributed by atoms with Gasteiger partial charge in [0.2, 0.25) is 0 Å². The maximum Gasteiger partial charge on any atom is 0.0702 e. The Hall–Kier alpha value is 0.0600. The third-order valence-corrected chi connectivity index (χ3v) is 5.24. The van der Waals surface area contributed by atoms with Crippen LogP contribution in [0.5, 0.6) is 0 Å². The third kappa shape index (κ3) is 4.83. The quantitative estimate of drug-likeness (QED) is 0.740. The summed E-state index contributed by atoms with van der Waals surface area (Å²) >= 11 is 5.31. The van der Waals surface area contributed by atoms with E-state index in [1.54, 1.807) is 18.4 Å². The molecule has 1 heterocycles. The molecule has 1 aromatic rings. The van der Waals surface area contributed by atoms with Crippen LogP contribution in [0.4, 0.5) is 0 Å². The second-order valence-corrected chi connectivity index (χ2v) is 7.09. The Morgan fingerprint density at radius 3 is 2.47 bits per heavy atom. The molecule has 1 rings (SSSR count). The summed E-state index contributed by atoms with van der Waals surface area (Å²) in [7, 11) is 1.75. The monoisotopic (exact) mass is 348 g/mol. The van der Waals surface area contributed by atoms with Crippen LogP contribution in [-0.2, 0) is 4.74 Å². The van der Waals surface area contributed by atoms with Crippen molar-refractivity contribution in [2.45, 2.75) is 38.8 Å².